The third kappa shape index (κ3) is 4.04. The zero-order valence-electron chi connectivity index (χ0n) is 8.82. The first-order valence-electron chi connectivity index (χ1n) is 4.48. The van der Waals surface area contributed by atoms with E-state index in [0.717, 1.165) is 11.4 Å². The van der Waals surface area contributed by atoms with E-state index in [1.807, 2.05) is 11.9 Å². The molecule has 4 nitrogen and oxygen atoms in total. The SMILES string of the molecule is CN(Cc1cnc(N)s1)CC(C)(C)O. The Kier molecular flexibility index (Phi) is 3.47. The molecule has 0 aliphatic heterocycles. The first-order valence-corrected chi connectivity index (χ1v) is 5.29. The summed E-state index contributed by atoms with van der Waals surface area (Å²) in [6, 6.07) is 0. The molecule has 0 radical (unpaired) electrons. The van der Waals surface area contributed by atoms with Crippen molar-refractivity contribution in [1.82, 2.24) is 9.88 Å². The van der Waals surface area contributed by atoms with Gasteiger partial charge >= 0.3 is 0 Å². The fourth-order valence-electron chi connectivity index (χ4n) is 1.38. The van der Waals surface area contributed by atoms with Crippen molar-refractivity contribution in [3.05, 3.63) is 11.1 Å². The van der Waals surface area contributed by atoms with Crippen LogP contribution in [0.15, 0.2) is 6.20 Å². The second-order valence-electron chi connectivity index (χ2n) is 4.15. The summed E-state index contributed by atoms with van der Waals surface area (Å²) >= 11 is 1.49. The van der Waals surface area contributed by atoms with Crippen molar-refractivity contribution in [3.63, 3.8) is 0 Å². The van der Waals surface area contributed by atoms with Gasteiger partial charge < -0.3 is 10.8 Å². The average molecular weight is 215 g/mol. The van der Waals surface area contributed by atoms with Crippen LogP contribution >= 0.6 is 11.3 Å². The number of nitrogens with two attached hydrogens (primary N) is 1. The van der Waals surface area contributed by atoms with Crippen molar-refractivity contribution in [2.75, 3.05) is 19.3 Å². The molecule has 1 heterocycles. The fourth-order valence-corrected chi connectivity index (χ4v) is 2.14. The third-order valence-electron chi connectivity index (χ3n) is 1.65. The first-order chi connectivity index (χ1) is 6.37. The monoisotopic (exact) mass is 215 g/mol. The van der Waals surface area contributed by atoms with Gasteiger partial charge in [-0.05, 0) is 20.9 Å². The summed E-state index contributed by atoms with van der Waals surface area (Å²) in [5.41, 5.74) is 4.86. The second kappa shape index (κ2) is 4.25. The highest BCUT2D eigenvalue weighted by atomic mass is 32.1. The minimum atomic E-state index is -0.662. The van der Waals surface area contributed by atoms with Gasteiger partial charge in [0.15, 0.2) is 5.13 Å². The number of nitrogens with zero attached hydrogens (tertiary/aromatic N) is 2. The molecular weight excluding hydrogens is 198 g/mol. The first kappa shape index (κ1) is 11.4. The van der Waals surface area contributed by atoms with E-state index in [-0.39, 0.29) is 0 Å². The molecule has 0 bridgehead atoms. The van der Waals surface area contributed by atoms with Crippen LogP contribution in [0.25, 0.3) is 0 Å². The van der Waals surface area contributed by atoms with Crippen molar-refractivity contribution in [3.8, 4) is 0 Å². The summed E-state index contributed by atoms with van der Waals surface area (Å²) in [5, 5.41) is 10.2. The molecule has 0 atom stereocenters. The maximum absolute atomic E-state index is 9.59. The molecule has 0 saturated carbocycles. The van der Waals surface area contributed by atoms with E-state index < -0.39 is 5.60 Å². The largest absolute Gasteiger partial charge is 0.389 e. The summed E-state index contributed by atoms with van der Waals surface area (Å²) in [4.78, 5) is 7.14. The zero-order valence-corrected chi connectivity index (χ0v) is 9.64. The standard InChI is InChI=1S/C9H17N3OS/c1-9(2,13)6-12(3)5-7-4-11-8(10)14-7/h4,13H,5-6H2,1-3H3,(H2,10,11). The van der Waals surface area contributed by atoms with Gasteiger partial charge in [-0.2, -0.15) is 0 Å². The molecule has 0 spiro atoms. The number of aromatic nitrogens is 1. The summed E-state index contributed by atoms with van der Waals surface area (Å²) in [6.07, 6.45) is 1.78. The molecule has 80 valence electrons. The van der Waals surface area contributed by atoms with Gasteiger partial charge in [-0.25, -0.2) is 4.98 Å². The number of aliphatic hydroxyl groups is 1. The Morgan fingerprint density at radius 2 is 2.29 bits per heavy atom. The van der Waals surface area contributed by atoms with Crippen LogP contribution in [0.2, 0.25) is 0 Å². The van der Waals surface area contributed by atoms with E-state index in [2.05, 4.69) is 4.98 Å². The number of hydrogen-bond acceptors (Lipinski definition) is 5. The molecule has 0 unspecified atom stereocenters. The predicted molar refractivity (Wildman–Crippen MR) is 59.2 cm³/mol. The molecule has 5 heteroatoms. The summed E-state index contributed by atoms with van der Waals surface area (Å²) in [6.45, 7) is 5.00. The van der Waals surface area contributed by atoms with E-state index in [9.17, 15) is 5.11 Å². The maximum Gasteiger partial charge on any atom is 0.180 e. The Bertz CT molecular complexity index is 292. The molecule has 0 aliphatic rings. The zero-order chi connectivity index (χ0) is 10.8. The van der Waals surface area contributed by atoms with E-state index in [1.54, 1.807) is 20.0 Å². The number of thiazole rings is 1. The molecule has 0 fully saturated rings. The van der Waals surface area contributed by atoms with Crippen LogP contribution in [0.4, 0.5) is 5.13 Å². The van der Waals surface area contributed by atoms with Gasteiger partial charge in [0.2, 0.25) is 0 Å². The molecule has 0 aliphatic carbocycles. The lowest BCUT2D eigenvalue weighted by molar-refractivity contribution is 0.0427. The van der Waals surface area contributed by atoms with Crippen LogP contribution in [-0.2, 0) is 6.54 Å². The Hall–Kier alpha value is -0.650. The van der Waals surface area contributed by atoms with Crippen LogP contribution in [0, 0.1) is 0 Å². The highest BCUT2D eigenvalue weighted by molar-refractivity contribution is 7.15. The van der Waals surface area contributed by atoms with Crippen molar-refractivity contribution < 1.29 is 5.11 Å². The quantitative estimate of drug-likeness (QED) is 0.784. The van der Waals surface area contributed by atoms with Crippen LogP contribution in [-0.4, -0.2) is 34.2 Å². The van der Waals surface area contributed by atoms with E-state index in [1.165, 1.54) is 11.3 Å². The van der Waals surface area contributed by atoms with Crippen LogP contribution < -0.4 is 5.73 Å². The molecule has 0 saturated heterocycles. The van der Waals surface area contributed by atoms with Gasteiger partial charge in [0, 0.05) is 24.2 Å². The highest BCUT2D eigenvalue weighted by Crippen LogP contribution is 2.16. The van der Waals surface area contributed by atoms with Gasteiger partial charge in [0.1, 0.15) is 0 Å². The van der Waals surface area contributed by atoms with Crippen molar-refractivity contribution >= 4 is 16.5 Å². The Balaban J connectivity index is 2.45. The smallest absolute Gasteiger partial charge is 0.180 e. The van der Waals surface area contributed by atoms with Crippen LogP contribution in [0.5, 0.6) is 0 Å². The van der Waals surface area contributed by atoms with Crippen LogP contribution in [0.1, 0.15) is 18.7 Å². The highest BCUT2D eigenvalue weighted by Gasteiger charge is 2.15. The third-order valence-corrected chi connectivity index (χ3v) is 2.47. The van der Waals surface area contributed by atoms with E-state index in [0.29, 0.717) is 11.7 Å². The van der Waals surface area contributed by atoms with Gasteiger partial charge in [-0.3, -0.25) is 4.90 Å². The Morgan fingerprint density at radius 1 is 1.64 bits per heavy atom. The lowest BCUT2D eigenvalue weighted by Gasteiger charge is -2.24. The van der Waals surface area contributed by atoms with Gasteiger partial charge in [-0.1, -0.05) is 0 Å². The molecule has 1 rings (SSSR count). The van der Waals surface area contributed by atoms with Crippen molar-refractivity contribution in [2.24, 2.45) is 0 Å². The van der Waals surface area contributed by atoms with Gasteiger partial charge in [0.05, 0.1) is 5.60 Å². The van der Waals surface area contributed by atoms with Crippen molar-refractivity contribution in [2.45, 2.75) is 26.0 Å². The molecule has 0 aromatic carbocycles. The van der Waals surface area contributed by atoms with Crippen molar-refractivity contribution in [1.29, 1.82) is 0 Å². The molecular formula is C9H17N3OS. The Morgan fingerprint density at radius 3 is 2.71 bits per heavy atom. The molecule has 3 N–H and O–H groups in total. The normalized spacial score (nSPS) is 12.4. The molecule has 1 aromatic heterocycles. The second-order valence-corrected chi connectivity index (χ2v) is 5.30. The average Bonchev–Trinajstić information content (AvgIpc) is 2.30. The predicted octanol–water partition coefficient (Wildman–Crippen LogP) is 0.928. The minimum Gasteiger partial charge on any atom is -0.389 e. The summed E-state index contributed by atoms with van der Waals surface area (Å²) < 4.78 is 0. The number of anilines is 1. The van der Waals surface area contributed by atoms with E-state index in [4.69, 9.17) is 5.73 Å². The topological polar surface area (TPSA) is 62.4 Å². The number of hydrogen-bond donors (Lipinski definition) is 2. The number of likely N-dealkylation sites (N-methyl/N-ethyl adjacent to an activating group) is 1. The number of rotatable bonds is 4. The molecule has 0 amide bonds. The van der Waals surface area contributed by atoms with Crippen LogP contribution in [0.3, 0.4) is 0 Å². The van der Waals surface area contributed by atoms with E-state index >= 15 is 0 Å². The maximum atomic E-state index is 9.59. The Labute approximate surface area is 88.4 Å². The summed E-state index contributed by atoms with van der Waals surface area (Å²) in [5.74, 6) is 0. The minimum absolute atomic E-state index is 0.594. The molecule has 1 aromatic rings. The molecule has 14 heavy (non-hydrogen) atoms. The lowest BCUT2D eigenvalue weighted by atomic mass is 10.1. The lowest BCUT2D eigenvalue weighted by Crippen LogP contribution is -2.35. The van der Waals surface area contributed by atoms with Gasteiger partial charge in [-0.15, -0.1) is 11.3 Å². The van der Waals surface area contributed by atoms with Gasteiger partial charge in [0.25, 0.3) is 0 Å². The number of nitrogen functional groups attached to an aromatic ring is 1. The summed E-state index contributed by atoms with van der Waals surface area (Å²) in [7, 11) is 1.97. The fraction of sp³-hybridized carbons (Fsp3) is 0.667.